The van der Waals surface area contributed by atoms with Gasteiger partial charge in [-0.15, -0.1) is 0 Å². The average molecular weight is 319 g/mol. The van der Waals surface area contributed by atoms with Crippen molar-refractivity contribution in [3.8, 4) is 11.5 Å². The maximum atomic E-state index is 12.5. The molecule has 1 saturated carbocycles. The van der Waals surface area contributed by atoms with Gasteiger partial charge in [0.25, 0.3) is 0 Å². The SMILES string of the molecule is COCCC(=O)N1[C@@H]2CC[C@@H](C2)[C@H]1COc1ccc(OC)cc1. The number of nitrogens with zero attached hydrogens (tertiary/aromatic N) is 1. The van der Waals surface area contributed by atoms with Crippen LogP contribution in [0.3, 0.4) is 0 Å². The maximum absolute atomic E-state index is 12.5. The highest BCUT2D eigenvalue weighted by Gasteiger charge is 2.47. The van der Waals surface area contributed by atoms with E-state index in [1.807, 2.05) is 24.3 Å². The average Bonchev–Trinajstić information content (AvgIpc) is 3.19. The quantitative estimate of drug-likeness (QED) is 0.775. The summed E-state index contributed by atoms with van der Waals surface area (Å²) >= 11 is 0. The van der Waals surface area contributed by atoms with Gasteiger partial charge in [0.1, 0.15) is 18.1 Å². The first-order valence-electron chi connectivity index (χ1n) is 8.30. The van der Waals surface area contributed by atoms with E-state index in [4.69, 9.17) is 14.2 Å². The Bertz CT molecular complexity index is 530. The highest BCUT2D eigenvalue weighted by molar-refractivity contribution is 5.77. The second-order valence-electron chi connectivity index (χ2n) is 6.32. The van der Waals surface area contributed by atoms with Crippen molar-refractivity contribution in [3.05, 3.63) is 24.3 Å². The highest BCUT2D eigenvalue weighted by Crippen LogP contribution is 2.42. The van der Waals surface area contributed by atoms with Crippen LogP contribution in [0.5, 0.6) is 11.5 Å². The lowest BCUT2D eigenvalue weighted by Gasteiger charge is -2.35. The molecule has 1 saturated heterocycles. The molecule has 1 amide bonds. The van der Waals surface area contributed by atoms with E-state index in [1.165, 1.54) is 6.42 Å². The van der Waals surface area contributed by atoms with Crippen LogP contribution >= 0.6 is 0 Å². The van der Waals surface area contributed by atoms with Gasteiger partial charge in [0, 0.05) is 13.2 Å². The van der Waals surface area contributed by atoms with E-state index in [0.717, 1.165) is 24.3 Å². The molecule has 1 aliphatic carbocycles. The van der Waals surface area contributed by atoms with Crippen molar-refractivity contribution >= 4 is 5.91 Å². The number of rotatable bonds is 7. The third kappa shape index (κ3) is 3.44. The molecule has 0 unspecified atom stereocenters. The summed E-state index contributed by atoms with van der Waals surface area (Å²) < 4.78 is 16.1. The minimum absolute atomic E-state index is 0.195. The number of hydrogen-bond acceptors (Lipinski definition) is 4. The van der Waals surface area contributed by atoms with Crippen LogP contribution in [0.25, 0.3) is 0 Å². The number of ether oxygens (including phenoxy) is 3. The summed E-state index contributed by atoms with van der Waals surface area (Å²) in [6, 6.07) is 8.18. The van der Waals surface area contributed by atoms with Crippen molar-refractivity contribution in [2.75, 3.05) is 27.4 Å². The van der Waals surface area contributed by atoms with Gasteiger partial charge >= 0.3 is 0 Å². The predicted molar refractivity (Wildman–Crippen MR) is 86.7 cm³/mol. The minimum atomic E-state index is 0.195. The molecule has 2 fully saturated rings. The van der Waals surface area contributed by atoms with E-state index in [1.54, 1.807) is 14.2 Å². The van der Waals surface area contributed by atoms with Crippen molar-refractivity contribution in [1.29, 1.82) is 0 Å². The first-order valence-corrected chi connectivity index (χ1v) is 8.30. The van der Waals surface area contributed by atoms with E-state index in [-0.39, 0.29) is 11.9 Å². The van der Waals surface area contributed by atoms with Gasteiger partial charge in [-0.25, -0.2) is 0 Å². The van der Waals surface area contributed by atoms with Crippen LogP contribution in [-0.4, -0.2) is 50.3 Å². The van der Waals surface area contributed by atoms with Crippen LogP contribution < -0.4 is 9.47 Å². The first-order chi connectivity index (χ1) is 11.2. The zero-order valence-corrected chi connectivity index (χ0v) is 13.9. The normalized spacial score (nSPS) is 25.7. The van der Waals surface area contributed by atoms with Gasteiger partial charge in [-0.2, -0.15) is 0 Å². The zero-order chi connectivity index (χ0) is 16.2. The van der Waals surface area contributed by atoms with Gasteiger partial charge in [0.2, 0.25) is 5.91 Å². The van der Waals surface area contributed by atoms with Crippen LogP contribution in [0.2, 0.25) is 0 Å². The lowest BCUT2D eigenvalue weighted by Crippen LogP contribution is -2.48. The van der Waals surface area contributed by atoms with E-state index < -0.39 is 0 Å². The van der Waals surface area contributed by atoms with Gasteiger partial charge in [0.05, 0.1) is 26.2 Å². The summed E-state index contributed by atoms with van der Waals surface area (Å²) in [4.78, 5) is 14.5. The third-order valence-corrected chi connectivity index (χ3v) is 5.03. The Labute approximate surface area is 137 Å². The Balaban J connectivity index is 1.61. The summed E-state index contributed by atoms with van der Waals surface area (Å²) in [5.74, 6) is 2.40. The molecule has 2 bridgehead atoms. The number of methoxy groups -OCH3 is 2. The lowest BCUT2D eigenvalue weighted by molar-refractivity contribution is -0.137. The Morgan fingerprint density at radius 3 is 2.61 bits per heavy atom. The third-order valence-electron chi connectivity index (χ3n) is 5.03. The van der Waals surface area contributed by atoms with Crippen molar-refractivity contribution in [3.63, 3.8) is 0 Å². The molecule has 0 radical (unpaired) electrons. The van der Waals surface area contributed by atoms with Crippen molar-refractivity contribution < 1.29 is 19.0 Å². The first kappa shape index (κ1) is 16.1. The Hall–Kier alpha value is -1.75. The Kier molecular flexibility index (Phi) is 5.06. The van der Waals surface area contributed by atoms with E-state index in [0.29, 0.717) is 31.6 Å². The van der Waals surface area contributed by atoms with Crippen LogP contribution in [0, 0.1) is 5.92 Å². The largest absolute Gasteiger partial charge is 0.497 e. The summed E-state index contributed by atoms with van der Waals surface area (Å²) in [6.45, 7) is 1.05. The summed E-state index contributed by atoms with van der Waals surface area (Å²) in [5.41, 5.74) is 0. The van der Waals surface area contributed by atoms with Crippen LogP contribution in [-0.2, 0) is 9.53 Å². The fourth-order valence-corrected chi connectivity index (χ4v) is 3.87. The number of hydrogen-bond donors (Lipinski definition) is 0. The molecule has 1 heterocycles. The second-order valence-corrected chi connectivity index (χ2v) is 6.32. The van der Waals surface area contributed by atoms with Gasteiger partial charge in [-0.1, -0.05) is 0 Å². The molecule has 1 aliphatic heterocycles. The lowest BCUT2D eigenvalue weighted by atomic mass is 9.99. The molecule has 0 aromatic heterocycles. The zero-order valence-electron chi connectivity index (χ0n) is 13.9. The van der Waals surface area contributed by atoms with Gasteiger partial charge in [-0.05, 0) is 49.4 Å². The Morgan fingerprint density at radius 2 is 1.91 bits per heavy atom. The molecule has 5 nitrogen and oxygen atoms in total. The number of fused-ring (bicyclic) bond motifs is 2. The molecule has 2 aliphatic rings. The smallest absolute Gasteiger partial charge is 0.225 e. The molecule has 0 N–H and O–H groups in total. The number of piperidine rings is 1. The molecule has 126 valence electrons. The number of carbonyl (C=O) groups excluding carboxylic acids is 1. The van der Waals surface area contributed by atoms with Gasteiger partial charge < -0.3 is 19.1 Å². The Morgan fingerprint density at radius 1 is 1.17 bits per heavy atom. The second kappa shape index (κ2) is 7.21. The summed E-state index contributed by atoms with van der Waals surface area (Å²) in [7, 11) is 3.28. The standard InChI is InChI=1S/C18H25NO4/c1-21-10-9-18(20)19-14-4-3-13(11-14)17(19)12-23-16-7-5-15(22-2)6-8-16/h5-8,13-14,17H,3-4,9-12H2,1-2H3/t13-,14+,17+/m0/s1. The molecular formula is C18H25NO4. The van der Waals surface area contributed by atoms with Crippen molar-refractivity contribution in [1.82, 2.24) is 4.90 Å². The van der Waals surface area contributed by atoms with E-state index in [2.05, 4.69) is 4.90 Å². The highest BCUT2D eigenvalue weighted by atomic mass is 16.5. The summed E-state index contributed by atoms with van der Waals surface area (Å²) in [6.07, 6.45) is 3.91. The molecule has 5 heteroatoms. The molecular weight excluding hydrogens is 294 g/mol. The predicted octanol–water partition coefficient (Wildman–Crippen LogP) is 2.49. The topological polar surface area (TPSA) is 48.0 Å². The number of likely N-dealkylation sites (tertiary alicyclic amines) is 1. The van der Waals surface area contributed by atoms with E-state index >= 15 is 0 Å². The molecule has 0 spiro atoms. The van der Waals surface area contributed by atoms with Crippen molar-refractivity contribution in [2.45, 2.75) is 37.8 Å². The monoisotopic (exact) mass is 319 g/mol. The minimum Gasteiger partial charge on any atom is -0.497 e. The molecule has 23 heavy (non-hydrogen) atoms. The van der Waals surface area contributed by atoms with Crippen molar-refractivity contribution in [2.24, 2.45) is 5.92 Å². The number of amides is 1. The number of benzene rings is 1. The fraction of sp³-hybridized carbons (Fsp3) is 0.611. The molecule has 3 atom stereocenters. The maximum Gasteiger partial charge on any atom is 0.225 e. The van der Waals surface area contributed by atoms with Crippen LogP contribution in [0.1, 0.15) is 25.7 Å². The summed E-state index contributed by atoms with van der Waals surface area (Å²) in [5, 5.41) is 0. The number of carbonyl (C=O) groups is 1. The molecule has 1 aromatic carbocycles. The fourth-order valence-electron chi connectivity index (χ4n) is 3.87. The van der Waals surface area contributed by atoms with Crippen LogP contribution in [0.15, 0.2) is 24.3 Å². The van der Waals surface area contributed by atoms with E-state index in [9.17, 15) is 4.79 Å². The van der Waals surface area contributed by atoms with Crippen LogP contribution in [0.4, 0.5) is 0 Å². The van der Waals surface area contributed by atoms with Gasteiger partial charge in [-0.3, -0.25) is 4.79 Å². The molecule has 3 rings (SSSR count). The van der Waals surface area contributed by atoms with Gasteiger partial charge in [0.15, 0.2) is 0 Å². The molecule has 1 aromatic rings.